The molecule has 0 aromatic carbocycles. The third-order valence-electron chi connectivity index (χ3n) is 4.09. The Morgan fingerprint density at radius 2 is 0.905 bits per heavy atom. The van der Waals surface area contributed by atoms with Crippen LogP contribution in [0.25, 0.3) is 0 Å². The van der Waals surface area contributed by atoms with Crippen LogP contribution in [-0.2, 0) is 4.74 Å². The molecular weight excluding hydrogens is 260 g/mol. The van der Waals surface area contributed by atoms with Gasteiger partial charge in [-0.05, 0) is 25.7 Å². The van der Waals surface area contributed by atoms with Crippen molar-refractivity contribution in [3.8, 4) is 0 Å². The van der Waals surface area contributed by atoms with Crippen LogP contribution in [0.3, 0.4) is 0 Å². The fourth-order valence-corrected chi connectivity index (χ4v) is 2.64. The molecule has 0 saturated carbocycles. The van der Waals surface area contributed by atoms with Crippen molar-refractivity contribution in [3.63, 3.8) is 0 Å². The zero-order chi connectivity index (χ0) is 15.4. The van der Waals surface area contributed by atoms with E-state index in [4.69, 9.17) is 9.84 Å². The van der Waals surface area contributed by atoms with Crippen LogP contribution in [0.5, 0.6) is 0 Å². The van der Waals surface area contributed by atoms with E-state index in [0.29, 0.717) is 6.61 Å². The lowest BCUT2D eigenvalue weighted by Gasteiger charge is -2.04. The molecule has 0 atom stereocenters. The summed E-state index contributed by atoms with van der Waals surface area (Å²) in [4.78, 5) is 0. The van der Waals surface area contributed by atoms with Gasteiger partial charge in [-0.1, -0.05) is 77.6 Å². The largest absolute Gasteiger partial charge is 0.396 e. The summed E-state index contributed by atoms with van der Waals surface area (Å²) in [6.07, 6.45) is 19.9. The molecule has 0 heterocycles. The molecule has 0 bridgehead atoms. The van der Waals surface area contributed by atoms with Gasteiger partial charge in [-0.3, -0.25) is 0 Å². The van der Waals surface area contributed by atoms with E-state index in [1.54, 1.807) is 0 Å². The average molecular weight is 301 g/mol. The maximum absolute atomic E-state index is 8.65. The summed E-state index contributed by atoms with van der Waals surface area (Å²) in [6.45, 7) is 4.40. The van der Waals surface area contributed by atoms with Crippen molar-refractivity contribution in [2.75, 3.05) is 19.8 Å². The van der Waals surface area contributed by atoms with E-state index in [0.717, 1.165) is 32.5 Å². The summed E-state index contributed by atoms with van der Waals surface area (Å²) in [5.74, 6) is 0. The zero-order valence-electron chi connectivity index (χ0n) is 14.6. The second-order valence-corrected chi connectivity index (χ2v) is 6.29. The number of hydrogen-bond donors (Lipinski definition) is 1. The van der Waals surface area contributed by atoms with Gasteiger partial charge in [0.05, 0.1) is 0 Å². The number of hydrogen-bond acceptors (Lipinski definition) is 2. The number of rotatable bonds is 18. The molecule has 2 heteroatoms. The Hall–Kier alpha value is -0.0800. The molecule has 0 amide bonds. The third-order valence-corrected chi connectivity index (χ3v) is 4.09. The van der Waals surface area contributed by atoms with Crippen molar-refractivity contribution in [1.29, 1.82) is 0 Å². The van der Waals surface area contributed by atoms with Crippen LogP contribution in [0.4, 0.5) is 0 Å². The minimum Gasteiger partial charge on any atom is -0.396 e. The van der Waals surface area contributed by atoms with Gasteiger partial charge in [-0.15, -0.1) is 0 Å². The Labute approximate surface area is 133 Å². The Bertz CT molecular complexity index is 153. The van der Waals surface area contributed by atoms with Crippen molar-refractivity contribution < 1.29 is 9.84 Å². The SMILES string of the molecule is CCCCCCCCCCCCCCOCCCCCO. The topological polar surface area (TPSA) is 29.5 Å². The Morgan fingerprint density at radius 1 is 0.524 bits per heavy atom. The van der Waals surface area contributed by atoms with Crippen LogP contribution in [-0.4, -0.2) is 24.9 Å². The molecule has 0 aromatic rings. The standard InChI is InChI=1S/C19H40O2/c1-2-3-4-5-6-7-8-9-10-11-12-15-18-21-19-16-13-14-17-20/h20H,2-19H2,1H3. The molecule has 0 aromatic heterocycles. The maximum atomic E-state index is 8.65. The number of ether oxygens (including phenoxy) is 1. The highest BCUT2D eigenvalue weighted by atomic mass is 16.5. The summed E-state index contributed by atoms with van der Waals surface area (Å²) in [5, 5.41) is 8.65. The van der Waals surface area contributed by atoms with Gasteiger partial charge in [0.15, 0.2) is 0 Å². The average Bonchev–Trinajstić information content (AvgIpc) is 2.50. The van der Waals surface area contributed by atoms with Gasteiger partial charge < -0.3 is 9.84 Å². The summed E-state index contributed by atoms with van der Waals surface area (Å²) in [6, 6.07) is 0. The number of aliphatic hydroxyl groups excluding tert-OH is 1. The van der Waals surface area contributed by atoms with E-state index >= 15 is 0 Å². The van der Waals surface area contributed by atoms with E-state index in [1.165, 1.54) is 77.0 Å². The van der Waals surface area contributed by atoms with Crippen LogP contribution < -0.4 is 0 Å². The summed E-state index contributed by atoms with van der Waals surface area (Å²) in [5.41, 5.74) is 0. The quantitative estimate of drug-likeness (QED) is 0.321. The summed E-state index contributed by atoms with van der Waals surface area (Å²) >= 11 is 0. The second kappa shape index (κ2) is 19.9. The van der Waals surface area contributed by atoms with Crippen LogP contribution in [0.15, 0.2) is 0 Å². The first-order valence-electron chi connectivity index (χ1n) is 9.60. The molecule has 2 nitrogen and oxygen atoms in total. The summed E-state index contributed by atoms with van der Waals surface area (Å²) < 4.78 is 5.59. The minimum atomic E-state index is 0.318. The molecule has 0 aliphatic heterocycles. The second-order valence-electron chi connectivity index (χ2n) is 6.29. The molecule has 0 aliphatic carbocycles. The first-order chi connectivity index (χ1) is 10.4. The minimum absolute atomic E-state index is 0.318. The molecule has 0 rings (SSSR count). The molecule has 1 N–H and O–H groups in total. The molecular formula is C19H40O2. The molecule has 0 saturated heterocycles. The van der Waals surface area contributed by atoms with Crippen molar-refractivity contribution in [2.45, 2.75) is 103 Å². The van der Waals surface area contributed by atoms with Crippen LogP contribution in [0.1, 0.15) is 103 Å². The van der Waals surface area contributed by atoms with Crippen LogP contribution in [0, 0.1) is 0 Å². The molecule has 128 valence electrons. The van der Waals surface area contributed by atoms with Gasteiger partial charge in [0.2, 0.25) is 0 Å². The van der Waals surface area contributed by atoms with Crippen LogP contribution >= 0.6 is 0 Å². The van der Waals surface area contributed by atoms with Gasteiger partial charge in [0.25, 0.3) is 0 Å². The predicted octanol–water partition coefficient (Wildman–Crippen LogP) is 5.87. The van der Waals surface area contributed by atoms with Gasteiger partial charge in [0.1, 0.15) is 0 Å². The Balaban J connectivity index is 2.90. The van der Waals surface area contributed by atoms with Gasteiger partial charge in [0, 0.05) is 19.8 Å². The number of unbranched alkanes of at least 4 members (excludes halogenated alkanes) is 13. The fraction of sp³-hybridized carbons (Fsp3) is 1.00. The highest BCUT2D eigenvalue weighted by Crippen LogP contribution is 2.11. The van der Waals surface area contributed by atoms with Crippen molar-refractivity contribution >= 4 is 0 Å². The van der Waals surface area contributed by atoms with E-state index < -0.39 is 0 Å². The van der Waals surface area contributed by atoms with Gasteiger partial charge >= 0.3 is 0 Å². The van der Waals surface area contributed by atoms with Gasteiger partial charge in [-0.25, -0.2) is 0 Å². The fourth-order valence-electron chi connectivity index (χ4n) is 2.64. The summed E-state index contributed by atoms with van der Waals surface area (Å²) in [7, 11) is 0. The lowest BCUT2D eigenvalue weighted by Crippen LogP contribution is -1.97. The first kappa shape index (κ1) is 20.9. The van der Waals surface area contributed by atoms with Crippen molar-refractivity contribution in [3.05, 3.63) is 0 Å². The van der Waals surface area contributed by atoms with Crippen molar-refractivity contribution in [1.82, 2.24) is 0 Å². The molecule has 21 heavy (non-hydrogen) atoms. The van der Waals surface area contributed by atoms with Gasteiger partial charge in [-0.2, -0.15) is 0 Å². The smallest absolute Gasteiger partial charge is 0.0466 e. The highest BCUT2D eigenvalue weighted by Gasteiger charge is 1.94. The molecule has 0 fully saturated rings. The van der Waals surface area contributed by atoms with E-state index in [1.807, 2.05) is 0 Å². The zero-order valence-corrected chi connectivity index (χ0v) is 14.6. The maximum Gasteiger partial charge on any atom is 0.0466 e. The molecule has 0 aliphatic rings. The predicted molar refractivity (Wildman–Crippen MR) is 92.8 cm³/mol. The normalized spacial score (nSPS) is 11.1. The monoisotopic (exact) mass is 300 g/mol. The lowest BCUT2D eigenvalue weighted by atomic mass is 10.1. The molecule has 0 radical (unpaired) electrons. The lowest BCUT2D eigenvalue weighted by molar-refractivity contribution is 0.124. The molecule has 0 unspecified atom stereocenters. The van der Waals surface area contributed by atoms with E-state index in [-0.39, 0.29) is 0 Å². The van der Waals surface area contributed by atoms with E-state index in [2.05, 4.69) is 6.92 Å². The molecule has 0 spiro atoms. The third kappa shape index (κ3) is 19.9. The number of aliphatic hydroxyl groups is 1. The first-order valence-corrected chi connectivity index (χ1v) is 9.60. The van der Waals surface area contributed by atoms with E-state index in [9.17, 15) is 0 Å². The Kier molecular flexibility index (Phi) is 19.8. The van der Waals surface area contributed by atoms with Crippen molar-refractivity contribution in [2.24, 2.45) is 0 Å². The Morgan fingerprint density at radius 3 is 1.33 bits per heavy atom. The van der Waals surface area contributed by atoms with Crippen LogP contribution in [0.2, 0.25) is 0 Å². The highest BCUT2D eigenvalue weighted by molar-refractivity contribution is 4.48.